The van der Waals surface area contributed by atoms with Gasteiger partial charge in [0.05, 0.1) is 5.52 Å². The minimum Gasteiger partial charge on any atom is -0.356 e. The zero-order valence-corrected chi connectivity index (χ0v) is 23.7. The van der Waals surface area contributed by atoms with Crippen LogP contribution in [0.25, 0.3) is 59.1 Å². The van der Waals surface area contributed by atoms with Crippen LogP contribution in [0, 0.1) is 0 Å². The van der Waals surface area contributed by atoms with Crippen LogP contribution in [0.4, 0.5) is 11.4 Å². The summed E-state index contributed by atoms with van der Waals surface area (Å²) in [7, 11) is 0. The minimum absolute atomic E-state index is 1.00. The third-order valence-electron chi connectivity index (χ3n) is 8.61. The Hall–Kier alpha value is -5.12. The highest BCUT2D eigenvalue weighted by Crippen LogP contribution is 2.45. The molecular formula is C39H26N2S. The molecule has 0 spiro atoms. The lowest BCUT2D eigenvalue weighted by molar-refractivity contribution is 1.19. The second kappa shape index (κ2) is 9.20. The molecule has 0 saturated carbocycles. The summed E-state index contributed by atoms with van der Waals surface area (Å²) in [4.78, 5) is 1.29. The number of hydrogen-bond donors (Lipinski definition) is 1. The predicted molar refractivity (Wildman–Crippen MR) is 180 cm³/mol. The highest BCUT2D eigenvalue weighted by Gasteiger charge is 2.20. The van der Waals surface area contributed by atoms with E-state index in [1.54, 1.807) is 0 Å². The number of aromatic nitrogens is 1. The Labute approximate surface area is 248 Å². The van der Waals surface area contributed by atoms with Crippen molar-refractivity contribution >= 4 is 53.9 Å². The van der Waals surface area contributed by atoms with Gasteiger partial charge in [0.2, 0.25) is 0 Å². The molecule has 0 fully saturated rings. The molecule has 198 valence electrons. The fraction of sp³-hybridized carbons (Fsp3) is 0.0256. The molecule has 0 radical (unpaired) electrons. The first-order valence-electron chi connectivity index (χ1n) is 14.4. The molecule has 0 aliphatic heterocycles. The summed E-state index contributed by atoms with van der Waals surface area (Å²) in [6.07, 6.45) is 1.00. The number of anilines is 2. The second-order valence-electron chi connectivity index (χ2n) is 11.1. The SMILES string of the molecule is c1ccc(-n2c3ccccc3c3c4cccc(-c5ccc(Nc6ccc7c(c6)Cc6ccccc6-7)cc5)c4sc32)cc1. The Balaban J connectivity index is 1.09. The van der Waals surface area contributed by atoms with E-state index in [2.05, 4.69) is 149 Å². The molecule has 2 nitrogen and oxygen atoms in total. The van der Waals surface area contributed by atoms with Gasteiger partial charge < -0.3 is 9.88 Å². The van der Waals surface area contributed by atoms with Crippen LogP contribution >= 0.6 is 11.3 Å². The Kier molecular flexibility index (Phi) is 5.16. The molecule has 0 amide bonds. The topological polar surface area (TPSA) is 17.0 Å². The standard InChI is InChI=1S/C39H26N2S/c1-2-10-30(11-3-1)41-36-16-7-6-13-34(36)37-35-15-8-14-33(38(35)42-39(37)41)25-17-19-28(20-18-25)40-29-21-22-32-27(24-29)23-26-9-4-5-12-31(26)32/h1-22,24,40H,23H2. The van der Waals surface area contributed by atoms with E-state index >= 15 is 0 Å². The van der Waals surface area contributed by atoms with Gasteiger partial charge in [-0.15, -0.1) is 11.3 Å². The molecule has 42 heavy (non-hydrogen) atoms. The number of hydrogen-bond acceptors (Lipinski definition) is 2. The van der Waals surface area contributed by atoms with Crippen LogP contribution in [0.15, 0.2) is 140 Å². The summed E-state index contributed by atoms with van der Waals surface area (Å²) in [6.45, 7) is 0. The molecule has 1 aliphatic rings. The van der Waals surface area contributed by atoms with Crippen molar-refractivity contribution in [2.75, 3.05) is 5.32 Å². The summed E-state index contributed by atoms with van der Waals surface area (Å²) < 4.78 is 3.75. The predicted octanol–water partition coefficient (Wildman–Crippen LogP) is 11.0. The van der Waals surface area contributed by atoms with Crippen LogP contribution in [0.1, 0.15) is 11.1 Å². The van der Waals surface area contributed by atoms with Gasteiger partial charge in [0.15, 0.2) is 0 Å². The van der Waals surface area contributed by atoms with Crippen molar-refractivity contribution in [2.45, 2.75) is 6.42 Å². The van der Waals surface area contributed by atoms with Gasteiger partial charge >= 0.3 is 0 Å². The molecule has 6 aromatic carbocycles. The number of nitrogens with zero attached hydrogens (tertiary/aromatic N) is 1. The van der Waals surface area contributed by atoms with Crippen molar-refractivity contribution in [3.8, 4) is 27.9 Å². The van der Waals surface area contributed by atoms with Crippen molar-refractivity contribution in [3.63, 3.8) is 0 Å². The zero-order chi connectivity index (χ0) is 27.6. The molecular weight excluding hydrogens is 529 g/mol. The van der Waals surface area contributed by atoms with Crippen molar-refractivity contribution in [1.29, 1.82) is 0 Å². The van der Waals surface area contributed by atoms with Crippen molar-refractivity contribution < 1.29 is 0 Å². The first-order chi connectivity index (χ1) is 20.8. The molecule has 9 rings (SSSR count). The summed E-state index contributed by atoms with van der Waals surface area (Å²) in [5.74, 6) is 0. The molecule has 8 aromatic rings. The number of thiophene rings is 1. The quantitative estimate of drug-likeness (QED) is 0.229. The lowest BCUT2D eigenvalue weighted by atomic mass is 10.0. The van der Waals surface area contributed by atoms with Gasteiger partial charge in [-0.3, -0.25) is 0 Å². The Morgan fingerprint density at radius 3 is 2.17 bits per heavy atom. The van der Waals surface area contributed by atoms with Crippen LogP contribution < -0.4 is 5.32 Å². The zero-order valence-electron chi connectivity index (χ0n) is 22.8. The molecule has 2 aromatic heterocycles. The van der Waals surface area contributed by atoms with Gasteiger partial charge in [0, 0.05) is 37.9 Å². The van der Waals surface area contributed by atoms with E-state index in [0.717, 1.165) is 17.8 Å². The molecule has 0 atom stereocenters. The summed E-state index contributed by atoms with van der Waals surface area (Å²) in [5.41, 5.74) is 12.7. The number of para-hydroxylation sites is 2. The lowest BCUT2D eigenvalue weighted by Crippen LogP contribution is -1.92. The molecule has 2 heterocycles. The first kappa shape index (κ1) is 23.6. The highest BCUT2D eigenvalue weighted by atomic mass is 32.1. The number of nitrogens with one attached hydrogen (secondary N) is 1. The smallest absolute Gasteiger partial charge is 0.109 e. The van der Waals surface area contributed by atoms with Crippen LogP contribution in [0.3, 0.4) is 0 Å². The summed E-state index contributed by atoms with van der Waals surface area (Å²) >= 11 is 1.89. The van der Waals surface area contributed by atoms with Crippen molar-refractivity contribution in [1.82, 2.24) is 4.57 Å². The minimum atomic E-state index is 1.00. The number of rotatable bonds is 4. The van der Waals surface area contributed by atoms with E-state index in [1.807, 2.05) is 11.3 Å². The largest absolute Gasteiger partial charge is 0.356 e. The van der Waals surface area contributed by atoms with E-state index in [1.165, 1.54) is 70.3 Å². The van der Waals surface area contributed by atoms with Crippen LogP contribution in [0.2, 0.25) is 0 Å². The molecule has 1 N–H and O–H groups in total. The van der Waals surface area contributed by atoms with E-state index in [0.29, 0.717) is 0 Å². The van der Waals surface area contributed by atoms with E-state index in [9.17, 15) is 0 Å². The van der Waals surface area contributed by atoms with Crippen LogP contribution in [-0.4, -0.2) is 4.57 Å². The Bertz CT molecular complexity index is 2290. The molecule has 0 unspecified atom stereocenters. The third-order valence-corrected chi connectivity index (χ3v) is 9.83. The number of fused-ring (bicyclic) bond motifs is 8. The van der Waals surface area contributed by atoms with Gasteiger partial charge in [-0.05, 0) is 82.3 Å². The third kappa shape index (κ3) is 3.57. The molecule has 0 saturated heterocycles. The fourth-order valence-electron chi connectivity index (χ4n) is 6.70. The second-order valence-corrected chi connectivity index (χ2v) is 12.1. The van der Waals surface area contributed by atoms with E-state index in [-0.39, 0.29) is 0 Å². The number of benzene rings is 6. The Morgan fingerprint density at radius 1 is 0.548 bits per heavy atom. The van der Waals surface area contributed by atoms with Gasteiger partial charge in [-0.25, -0.2) is 0 Å². The maximum absolute atomic E-state index is 3.64. The average molecular weight is 555 g/mol. The van der Waals surface area contributed by atoms with Gasteiger partial charge in [0.25, 0.3) is 0 Å². The van der Waals surface area contributed by atoms with Gasteiger partial charge in [-0.1, -0.05) is 97.1 Å². The molecule has 0 bridgehead atoms. The van der Waals surface area contributed by atoms with Crippen molar-refractivity contribution in [3.05, 3.63) is 151 Å². The van der Waals surface area contributed by atoms with Gasteiger partial charge in [0.1, 0.15) is 4.83 Å². The fourth-order valence-corrected chi connectivity index (χ4v) is 8.08. The van der Waals surface area contributed by atoms with E-state index in [4.69, 9.17) is 0 Å². The Morgan fingerprint density at radius 2 is 1.26 bits per heavy atom. The van der Waals surface area contributed by atoms with E-state index < -0.39 is 0 Å². The lowest BCUT2D eigenvalue weighted by Gasteiger charge is -2.10. The maximum atomic E-state index is 3.64. The molecule has 3 heteroatoms. The molecule has 1 aliphatic carbocycles. The van der Waals surface area contributed by atoms with Crippen molar-refractivity contribution in [2.24, 2.45) is 0 Å². The highest BCUT2D eigenvalue weighted by molar-refractivity contribution is 7.26. The van der Waals surface area contributed by atoms with Crippen LogP contribution in [0.5, 0.6) is 0 Å². The monoisotopic (exact) mass is 554 g/mol. The maximum Gasteiger partial charge on any atom is 0.109 e. The average Bonchev–Trinajstić information content (AvgIpc) is 3.70. The van der Waals surface area contributed by atoms with Gasteiger partial charge in [-0.2, -0.15) is 0 Å². The van der Waals surface area contributed by atoms with Crippen LogP contribution in [-0.2, 0) is 6.42 Å². The summed E-state index contributed by atoms with van der Waals surface area (Å²) in [6, 6.07) is 50.6. The summed E-state index contributed by atoms with van der Waals surface area (Å²) in [5, 5.41) is 7.60. The normalized spacial score (nSPS) is 12.2. The first-order valence-corrected chi connectivity index (χ1v) is 15.2.